The Labute approximate surface area is 184 Å². The normalized spacial score (nSPS) is 15.5. The Morgan fingerprint density at radius 2 is 1.68 bits per heavy atom. The number of benzene rings is 1. The monoisotopic (exact) mass is 433 g/mol. The van der Waals surface area contributed by atoms with Gasteiger partial charge in [-0.1, -0.05) is 24.3 Å². The van der Waals surface area contributed by atoms with E-state index in [1.165, 1.54) is 0 Å². The number of fused-ring (bicyclic) bond motifs is 1. The van der Waals surface area contributed by atoms with Crippen molar-refractivity contribution in [1.29, 1.82) is 0 Å². The van der Waals surface area contributed by atoms with E-state index in [4.69, 9.17) is 12.2 Å². The second-order valence-electron chi connectivity index (χ2n) is 7.67. The molecule has 0 N–H and O–H groups in total. The quantitative estimate of drug-likeness (QED) is 0.450. The van der Waals surface area contributed by atoms with Crippen molar-refractivity contribution < 1.29 is 0 Å². The van der Waals surface area contributed by atoms with Crippen molar-refractivity contribution in [2.24, 2.45) is 0 Å². The van der Waals surface area contributed by atoms with Crippen LogP contribution in [0.25, 0.3) is 11.3 Å². The third kappa shape index (κ3) is 4.20. The van der Waals surface area contributed by atoms with Gasteiger partial charge in [0.2, 0.25) is 4.77 Å². The molecule has 1 aliphatic heterocycles. The highest BCUT2D eigenvalue weighted by molar-refractivity contribution is 7.71. The van der Waals surface area contributed by atoms with Gasteiger partial charge in [-0.2, -0.15) is 5.10 Å². The molecule has 0 bridgehead atoms. The number of aromatic nitrogens is 5. The zero-order chi connectivity index (χ0) is 21.2. The van der Waals surface area contributed by atoms with Crippen LogP contribution in [0.5, 0.6) is 0 Å². The minimum Gasteiger partial charge on any atom is -0.295 e. The minimum atomic E-state index is -0.0392. The molecule has 0 unspecified atom stereocenters. The summed E-state index contributed by atoms with van der Waals surface area (Å²) in [5.41, 5.74) is 2.48. The van der Waals surface area contributed by atoms with E-state index < -0.39 is 0 Å². The van der Waals surface area contributed by atoms with Gasteiger partial charge >= 0.3 is 0 Å². The lowest BCUT2D eigenvalue weighted by molar-refractivity contribution is 0.0973. The van der Waals surface area contributed by atoms with Gasteiger partial charge in [-0.25, -0.2) is 9.67 Å². The van der Waals surface area contributed by atoms with E-state index in [1.807, 2.05) is 57.8 Å². The van der Waals surface area contributed by atoms with Gasteiger partial charge in [0.05, 0.1) is 12.4 Å². The van der Waals surface area contributed by atoms with Crippen LogP contribution < -0.4 is 5.56 Å². The SMILES string of the molecule is O=c1cc(CN2CCN(Cn3ncn(-c4ccccc4)c3=S)CC2)nc2ccccn12. The van der Waals surface area contributed by atoms with E-state index >= 15 is 0 Å². The lowest BCUT2D eigenvalue weighted by Gasteiger charge is -2.34. The number of para-hydroxylation sites is 1. The molecule has 4 heterocycles. The van der Waals surface area contributed by atoms with E-state index in [0.29, 0.717) is 23.6 Å². The Hall–Kier alpha value is -3.14. The molecule has 0 amide bonds. The fraction of sp³-hybridized carbons (Fsp3) is 0.273. The second-order valence-corrected chi connectivity index (χ2v) is 8.03. The van der Waals surface area contributed by atoms with E-state index in [1.54, 1.807) is 23.0 Å². The third-order valence-electron chi connectivity index (χ3n) is 5.58. The number of hydrogen-bond acceptors (Lipinski definition) is 6. The molecule has 1 fully saturated rings. The van der Waals surface area contributed by atoms with Crippen LogP contribution in [0.4, 0.5) is 0 Å². The average molecular weight is 434 g/mol. The maximum absolute atomic E-state index is 12.3. The zero-order valence-electron chi connectivity index (χ0n) is 17.0. The number of rotatable bonds is 5. The van der Waals surface area contributed by atoms with Crippen molar-refractivity contribution in [3.05, 3.63) is 87.9 Å². The van der Waals surface area contributed by atoms with E-state index in [9.17, 15) is 4.79 Å². The van der Waals surface area contributed by atoms with Crippen molar-refractivity contribution in [2.45, 2.75) is 13.2 Å². The van der Waals surface area contributed by atoms with Gasteiger partial charge in [0.15, 0.2) is 0 Å². The predicted octanol–water partition coefficient (Wildman–Crippen LogP) is 2.19. The van der Waals surface area contributed by atoms with Gasteiger partial charge in [0.25, 0.3) is 5.56 Å². The molecule has 8 nitrogen and oxygen atoms in total. The number of nitrogens with zero attached hydrogens (tertiary/aromatic N) is 7. The van der Waals surface area contributed by atoms with E-state index in [2.05, 4.69) is 19.9 Å². The molecular weight excluding hydrogens is 410 g/mol. The summed E-state index contributed by atoms with van der Waals surface area (Å²) >= 11 is 5.62. The van der Waals surface area contributed by atoms with Crippen molar-refractivity contribution in [1.82, 2.24) is 33.5 Å². The number of pyridine rings is 1. The molecule has 1 saturated heterocycles. The van der Waals surface area contributed by atoms with Crippen LogP contribution >= 0.6 is 12.2 Å². The lowest BCUT2D eigenvalue weighted by Crippen LogP contribution is -2.46. The Balaban J connectivity index is 1.21. The van der Waals surface area contributed by atoms with Crippen LogP contribution in [0.3, 0.4) is 0 Å². The summed E-state index contributed by atoms with van der Waals surface area (Å²) in [6, 6.07) is 17.2. The molecule has 4 aromatic rings. The summed E-state index contributed by atoms with van der Waals surface area (Å²) in [5.74, 6) is 0. The highest BCUT2D eigenvalue weighted by atomic mass is 32.1. The van der Waals surface area contributed by atoms with Crippen molar-refractivity contribution in [3.8, 4) is 5.69 Å². The van der Waals surface area contributed by atoms with Crippen LogP contribution in [0.15, 0.2) is 71.9 Å². The molecule has 5 rings (SSSR count). The molecular formula is C22H23N7OS. The molecule has 1 aromatic carbocycles. The van der Waals surface area contributed by atoms with Gasteiger partial charge < -0.3 is 0 Å². The molecule has 1 aliphatic rings. The lowest BCUT2D eigenvalue weighted by atomic mass is 10.3. The highest BCUT2D eigenvalue weighted by Crippen LogP contribution is 2.11. The molecule has 0 spiro atoms. The van der Waals surface area contributed by atoms with Gasteiger partial charge in [-0.15, -0.1) is 0 Å². The molecule has 0 atom stereocenters. The topological polar surface area (TPSA) is 63.6 Å². The number of piperazine rings is 1. The smallest absolute Gasteiger partial charge is 0.258 e. The summed E-state index contributed by atoms with van der Waals surface area (Å²) in [4.78, 5) is 21.6. The summed E-state index contributed by atoms with van der Waals surface area (Å²) in [5, 5.41) is 4.48. The van der Waals surface area contributed by atoms with Gasteiger partial charge in [0, 0.05) is 50.7 Å². The van der Waals surface area contributed by atoms with Crippen molar-refractivity contribution in [2.75, 3.05) is 26.2 Å². The second kappa shape index (κ2) is 8.54. The first kappa shape index (κ1) is 19.8. The van der Waals surface area contributed by atoms with E-state index in [0.717, 1.165) is 37.6 Å². The molecule has 0 aliphatic carbocycles. The fourth-order valence-corrected chi connectivity index (χ4v) is 4.15. The maximum atomic E-state index is 12.3. The third-order valence-corrected chi connectivity index (χ3v) is 5.98. The number of hydrogen-bond donors (Lipinski definition) is 0. The summed E-state index contributed by atoms with van der Waals surface area (Å²) in [7, 11) is 0. The zero-order valence-corrected chi connectivity index (χ0v) is 17.9. The molecule has 31 heavy (non-hydrogen) atoms. The van der Waals surface area contributed by atoms with Gasteiger partial charge in [0.1, 0.15) is 12.0 Å². The van der Waals surface area contributed by atoms with Crippen LogP contribution in [0.1, 0.15) is 5.69 Å². The summed E-state index contributed by atoms with van der Waals surface area (Å²) in [6.45, 7) is 4.97. The first-order chi connectivity index (χ1) is 15.2. The Morgan fingerprint density at radius 3 is 2.48 bits per heavy atom. The molecule has 0 radical (unpaired) electrons. The Bertz CT molecular complexity index is 1300. The molecule has 3 aromatic heterocycles. The van der Waals surface area contributed by atoms with Crippen molar-refractivity contribution in [3.63, 3.8) is 0 Å². The van der Waals surface area contributed by atoms with Crippen LogP contribution in [-0.2, 0) is 13.2 Å². The maximum Gasteiger partial charge on any atom is 0.258 e. The van der Waals surface area contributed by atoms with E-state index in [-0.39, 0.29) is 5.56 Å². The van der Waals surface area contributed by atoms with Crippen LogP contribution in [0.2, 0.25) is 0 Å². The Morgan fingerprint density at radius 1 is 0.935 bits per heavy atom. The first-order valence-electron chi connectivity index (χ1n) is 10.3. The first-order valence-corrected chi connectivity index (χ1v) is 10.7. The Kier molecular flexibility index (Phi) is 5.46. The van der Waals surface area contributed by atoms with Gasteiger partial charge in [-0.05, 0) is 36.5 Å². The molecule has 158 valence electrons. The average Bonchev–Trinajstić information content (AvgIpc) is 3.16. The summed E-state index contributed by atoms with van der Waals surface area (Å²) < 4.78 is 6.05. The van der Waals surface area contributed by atoms with Gasteiger partial charge in [-0.3, -0.25) is 23.6 Å². The largest absolute Gasteiger partial charge is 0.295 e. The minimum absolute atomic E-state index is 0.0392. The standard InChI is InChI=1S/C22H23N7OS/c30-21-14-18(24-20-8-4-5-9-27(20)21)15-25-10-12-26(13-11-25)17-29-22(31)28(16-23-29)19-6-2-1-3-7-19/h1-9,14,16H,10-13,15,17H2. The predicted molar refractivity (Wildman–Crippen MR) is 121 cm³/mol. The van der Waals surface area contributed by atoms with Crippen LogP contribution in [0, 0.1) is 4.77 Å². The molecule has 9 heteroatoms. The van der Waals surface area contributed by atoms with Crippen molar-refractivity contribution >= 4 is 17.9 Å². The molecule has 0 saturated carbocycles. The summed E-state index contributed by atoms with van der Waals surface area (Å²) in [6.07, 6.45) is 3.52. The fourth-order valence-electron chi connectivity index (χ4n) is 3.89. The van der Waals surface area contributed by atoms with Crippen LogP contribution in [-0.4, -0.2) is 59.7 Å². The highest BCUT2D eigenvalue weighted by Gasteiger charge is 2.19.